The summed E-state index contributed by atoms with van der Waals surface area (Å²) in [6, 6.07) is 0. The van der Waals surface area contributed by atoms with E-state index in [1.54, 1.807) is 13.8 Å². The maximum absolute atomic E-state index is 11.2. The molecule has 0 bridgehead atoms. The van der Waals surface area contributed by atoms with E-state index in [-0.39, 0.29) is 0 Å². The Morgan fingerprint density at radius 2 is 1.92 bits per heavy atom. The number of amides is 2. The van der Waals surface area contributed by atoms with Gasteiger partial charge in [-0.15, -0.1) is 0 Å². The van der Waals surface area contributed by atoms with E-state index in [0.717, 1.165) is 5.06 Å². The van der Waals surface area contributed by atoms with Gasteiger partial charge in [0.05, 0.1) is 18.9 Å². The summed E-state index contributed by atoms with van der Waals surface area (Å²) in [5, 5.41) is 1.02. The number of primary amides is 1. The van der Waals surface area contributed by atoms with Gasteiger partial charge in [0.15, 0.2) is 0 Å². The van der Waals surface area contributed by atoms with Crippen molar-refractivity contribution < 1.29 is 14.4 Å². The molecule has 0 fully saturated rings. The van der Waals surface area contributed by atoms with E-state index in [4.69, 9.17) is 5.73 Å². The molecule has 0 unspecified atom stereocenters. The van der Waals surface area contributed by atoms with Gasteiger partial charge < -0.3 is 5.73 Å². The molecule has 0 aliphatic heterocycles. The van der Waals surface area contributed by atoms with Crippen molar-refractivity contribution in [2.75, 3.05) is 14.2 Å². The molecular formula is C8H15N2O3. The third kappa shape index (κ3) is 3.42. The van der Waals surface area contributed by atoms with Crippen LogP contribution in [0.15, 0.2) is 0 Å². The minimum Gasteiger partial charge on any atom is -0.369 e. The van der Waals surface area contributed by atoms with E-state index < -0.39 is 17.2 Å². The predicted octanol–water partition coefficient (Wildman–Crippen LogP) is -0.278. The molecule has 0 aromatic carbocycles. The summed E-state index contributed by atoms with van der Waals surface area (Å²) in [7, 11) is 2.82. The van der Waals surface area contributed by atoms with Crippen LogP contribution in [-0.2, 0) is 14.4 Å². The van der Waals surface area contributed by atoms with Gasteiger partial charge in [-0.05, 0) is 0 Å². The molecule has 13 heavy (non-hydrogen) atoms. The second-order valence-corrected chi connectivity index (χ2v) is 3.25. The van der Waals surface area contributed by atoms with Gasteiger partial charge >= 0.3 is 0 Å². The monoisotopic (exact) mass is 187 g/mol. The summed E-state index contributed by atoms with van der Waals surface area (Å²) in [6.07, 6.45) is 1.22. The Kier molecular flexibility index (Phi) is 3.87. The molecular weight excluding hydrogens is 172 g/mol. The maximum Gasteiger partial charge on any atom is 0.250 e. The van der Waals surface area contributed by atoms with Crippen LogP contribution in [0.3, 0.4) is 0 Å². The normalized spacial score (nSPS) is 11.1. The largest absolute Gasteiger partial charge is 0.369 e. The average Bonchev–Trinajstić information content (AvgIpc) is 2.01. The summed E-state index contributed by atoms with van der Waals surface area (Å²) in [5.74, 6) is -0.948. The number of carbonyl (C=O) groups excluding carboxylic acids is 2. The lowest BCUT2D eigenvalue weighted by atomic mass is 9.88. The van der Waals surface area contributed by atoms with Crippen molar-refractivity contribution in [2.45, 2.75) is 13.8 Å². The van der Waals surface area contributed by atoms with Crippen molar-refractivity contribution in [1.82, 2.24) is 5.06 Å². The van der Waals surface area contributed by atoms with Crippen molar-refractivity contribution in [3.8, 4) is 0 Å². The minimum atomic E-state index is -0.954. The third-order valence-electron chi connectivity index (χ3n) is 1.70. The van der Waals surface area contributed by atoms with Crippen LogP contribution < -0.4 is 5.73 Å². The van der Waals surface area contributed by atoms with E-state index in [0.29, 0.717) is 0 Å². The SMILES string of the molecule is CON(C)C(=O)[CH]C(C)(C)C(N)=O. The number of nitrogens with zero attached hydrogens (tertiary/aromatic N) is 1. The maximum atomic E-state index is 11.2. The first-order chi connectivity index (χ1) is 5.81. The van der Waals surface area contributed by atoms with Gasteiger partial charge in [0.1, 0.15) is 0 Å². The Hall–Kier alpha value is -1.10. The molecule has 0 aliphatic rings. The first-order valence-corrected chi connectivity index (χ1v) is 3.79. The molecule has 75 valence electrons. The number of rotatable bonds is 4. The standard InChI is InChI=1S/C8H15N2O3/c1-8(2,7(9)12)5-6(11)10(3)13-4/h5H,1-4H3,(H2,9,12). The number of hydroxylamine groups is 2. The van der Waals surface area contributed by atoms with Gasteiger partial charge in [0, 0.05) is 7.05 Å². The highest BCUT2D eigenvalue weighted by atomic mass is 16.7. The van der Waals surface area contributed by atoms with Gasteiger partial charge in [-0.1, -0.05) is 13.8 Å². The molecule has 0 heterocycles. The van der Waals surface area contributed by atoms with Gasteiger partial charge in [0.2, 0.25) is 5.91 Å². The molecule has 0 spiro atoms. The molecule has 0 aromatic heterocycles. The molecule has 0 aromatic rings. The predicted molar refractivity (Wildman–Crippen MR) is 47.1 cm³/mol. The summed E-state index contributed by atoms with van der Waals surface area (Å²) >= 11 is 0. The fraction of sp³-hybridized carbons (Fsp3) is 0.625. The quantitative estimate of drug-likeness (QED) is 0.615. The Labute approximate surface area is 77.8 Å². The van der Waals surface area contributed by atoms with E-state index in [2.05, 4.69) is 4.84 Å². The lowest BCUT2D eigenvalue weighted by Gasteiger charge is -2.21. The van der Waals surface area contributed by atoms with Crippen molar-refractivity contribution >= 4 is 11.8 Å². The van der Waals surface area contributed by atoms with Crippen LogP contribution in [0.25, 0.3) is 0 Å². The Morgan fingerprint density at radius 1 is 1.46 bits per heavy atom. The molecule has 0 saturated carbocycles. The summed E-state index contributed by atoms with van der Waals surface area (Å²) < 4.78 is 0. The fourth-order valence-corrected chi connectivity index (χ4v) is 0.561. The van der Waals surface area contributed by atoms with E-state index in [1.807, 2.05) is 0 Å². The highest BCUT2D eigenvalue weighted by Gasteiger charge is 2.30. The fourth-order valence-electron chi connectivity index (χ4n) is 0.561. The highest BCUT2D eigenvalue weighted by molar-refractivity contribution is 5.93. The second kappa shape index (κ2) is 4.23. The van der Waals surface area contributed by atoms with Crippen LogP contribution >= 0.6 is 0 Å². The summed E-state index contributed by atoms with van der Waals surface area (Å²) in [5.41, 5.74) is 4.12. The molecule has 0 saturated heterocycles. The number of hydrogen-bond acceptors (Lipinski definition) is 3. The van der Waals surface area contributed by atoms with Crippen LogP contribution in [-0.4, -0.2) is 31.0 Å². The van der Waals surface area contributed by atoms with Gasteiger partial charge in [-0.2, -0.15) is 0 Å². The van der Waals surface area contributed by atoms with E-state index in [1.165, 1.54) is 20.6 Å². The van der Waals surface area contributed by atoms with E-state index >= 15 is 0 Å². The van der Waals surface area contributed by atoms with Gasteiger partial charge in [-0.25, -0.2) is 5.06 Å². The second-order valence-electron chi connectivity index (χ2n) is 3.25. The topological polar surface area (TPSA) is 72.6 Å². The summed E-state index contributed by atoms with van der Waals surface area (Å²) in [4.78, 5) is 26.7. The Morgan fingerprint density at radius 3 is 2.23 bits per heavy atom. The smallest absolute Gasteiger partial charge is 0.250 e. The molecule has 0 aliphatic carbocycles. The van der Waals surface area contributed by atoms with Gasteiger partial charge in [-0.3, -0.25) is 14.4 Å². The zero-order chi connectivity index (χ0) is 10.6. The number of hydrogen-bond donors (Lipinski definition) is 1. The molecule has 2 amide bonds. The van der Waals surface area contributed by atoms with Crippen LogP contribution in [0.5, 0.6) is 0 Å². The molecule has 0 atom stereocenters. The highest BCUT2D eigenvalue weighted by Crippen LogP contribution is 2.19. The lowest BCUT2D eigenvalue weighted by molar-refractivity contribution is -0.166. The first kappa shape index (κ1) is 11.9. The van der Waals surface area contributed by atoms with E-state index in [9.17, 15) is 9.59 Å². The number of nitrogens with two attached hydrogens (primary N) is 1. The number of carbonyl (C=O) groups is 2. The third-order valence-corrected chi connectivity index (χ3v) is 1.70. The Bertz CT molecular complexity index is 213. The summed E-state index contributed by atoms with van der Waals surface area (Å²) in [6.45, 7) is 3.13. The zero-order valence-corrected chi connectivity index (χ0v) is 8.33. The minimum absolute atomic E-state index is 0.397. The first-order valence-electron chi connectivity index (χ1n) is 3.79. The average molecular weight is 187 g/mol. The van der Waals surface area contributed by atoms with Crippen LogP contribution in [0.4, 0.5) is 0 Å². The van der Waals surface area contributed by atoms with Crippen molar-refractivity contribution in [3.63, 3.8) is 0 Å². The lowest BCUT2D eigenvalue weighted by Crippen LogP contribution is -2.38. The van der Waals surface area contributed by atoms with Crippen molar-refractivity contribution in [2.24, 2.45) is 11.1 Å². The van der Waals surface area contributed by atoms with Crippen molar-refractivity contribution in [1.29, 1.82) is 0 Å². The molecule has 5 heteroatoms. The van der Waals surface area contributed by atoms with Crippen LogP contribution in [0.1, 0.15) is 13.8 Å². The van der Waals surface area contributed by atoms with Crippen LogP contribution in [0, 0.1) is 11.8 Å². The molecule has 1 radical (unpaired) electrons. The molecule has 2 N–H and O–H groups in total. The zero-order valence-electron chi connectivity index (χ0n) is 8.33. The molecule has 0 rings (SSSR count). The Balaban J connectivity index is 4.28. The molecule has 5 nitrogen and oxygen atoms in total. The van der Waals surface area contributed by atoms with Crippen molar-refractivity contribution in [3.05, 3.63) is 6.42 Å². The van der Waals surface area contributed by atoms with Crippen LogP contribution in [0.2, 0.25) is 0 Å². The van der Waals surface area contributed by atoms with Gasteiger partial charge in [0.25, 0.3) is 5.91 Å².